The van der Waals surface area contributed by atoms with E-state index in [1.807, 2.05) is 19.2 Å². The van der Waals surface area contributed by atoms with Crippen molar-refractivity contribution < 1.29 is 9.47 Å². The van der Waals surface area contributed by atoms with E-state index in [0.717, 1.165) is 29.0 Å². The first kappa shape index (κ1) is 14.2. The minimum Gasteiger partial charge on any atom is -0.454 e. The monoisotopic (exact) mass is 307 g/mol. The number of aromatic nitrogens is 4. The van der Waals surface area contributed by atoms with E-state index in [4.69, 9.17) is 9.47 Å². The van der Waals surface area contributed by atoms with Gasteiger partial charge in [0.15, 0.2) is 11.5 Å². The number of hydrogen-bond donors (Lipinski definition) is 1. The standard InChI is InChI=1S/C13H17N5O2S/c1-3-14-10(7-21-13-15-16-17-18(13)2)9-4-5-11-12(6-9)20-8-19-11/h4-6,10,14H,3,7-8H2,1-2H3. The van der Waals surface area contributed by atoms with Gasteiger partial charge in [-0.2, -0.15) is 0 Å². The van der Waals surface area contributed by atoms with Crippen LogP contribution in [0.3, 0.4) is 0 Å². The molecule has 1 aliphatic heterocycles. The lowest BCUT2D eigenvalue weighted by Crippen LogP contribution is -2.23. The first-order valence-electron chi connectivity index (χ1n) is 6.76. The molecule has 0 spiro atoms. The molecule has 112 valence electrons. The average molecular weight is 307 g/mol. The van der Waals surface area contributed by atoms with Crippen molar-refractivity contribution in [2.24, 2.45) is 7.05 Å². The van der Waals surface area contributed by atoms with Crippen molar-refractivity contribution in [2.75, 3.05) is 19.1 Å². The van der Waals surface area contributed by atoms with Crippen molar-refractivity contribution >= 4 is 11.8 Å². The van der Waals surface area contributed by atoms with Crippen LogP contribution in [0.15, 0.2) is 23.4 Å². The molecule has 21 heavy (non-hydrogen) atoms. The van der Waals surface area contributed by atoms with E-state index < -0.39 is 0 Å². The SMILES string of the molecule is CCNC(CSc1nnnn1C)c1ccc2c(c1)OCO2. The molecule has 0 saturated heterocycles. The third-order valence-corrected chi connectivity index (χ3v) is 4.31. The third kappa shape index (κ3) is 3.11. The Labute approximate surface area is 127 Å². The van der Waals surface area contributed by atoms with Crippen molar-refractivity contribution in [2.45, 2.75) is 18.1 Å². The summed E-state index contributed by atoms with van der Waals surface area (Å²) in [4.78, 5) is 0. The number of ether oxygens (including phenoxy) is 2. The lowest BCUT2D eigenvalue weighted by atomic mass is 10.1. The fourth-order valence-corrected chi connectivity index (χ4v) is 3.09. The molecule has 0 radical (unpaired) electrons. The summed E-state index contributed by atoms with van der Waals surface area (Å²) in [6.07, 6.45) is 0. The highest BCUT2D eigenvalue weighted by Gasteiger charge is 2.18. The Bertz CT molecular complexity index is 618. The molecule has 1 aromatic carbocycles. The van der Waals surface area contributed by atoms with E-state index in [-0.39, 0.29) is 6.04 Å². The minimum atomic E-state index is 0.200. The number of tetrazole rings is 1. The molecule has 0 bridgehead atoms. The summed E-state index contributed by atoms with van der Waals surface area (Å²) in [5.41, 5.74) is 1.17. The molecule has 0 fully saturated rings. The number of hydrogen-bond acceptors (Lipinski definition) is 7. The third-order valence-electron chi connectivity index (χ3n) is 3.21. The lowest BCUT2D eigenvalue weighted by Gasteiger charge is -2.18. The molecule has 0 amide bonds. The van der Waals surface area contributed by atoms with Crippen LogP contribution >= 0.6 is 11.8 Å². The lowest BCUT2D eigenvalue weighted by molar-refractivity contribution is 0.174. The quantitative estimate of drug-likeness (QED) is 0.808. The molecular formula is C13H17N5O2S. The van der Waals surface area contributed by atoms with E-state index in [9.17, 15) is 0 Å². The highest BCUT2D eigenvalue weighted by molar-refractivity contribution is 7.99. The molecule has 2 aromatic rings. The summed E-state index contributed by atoms with van der Waals surface area (Å²) in [6, 6.07) is 6.25. The topological polar surface area (TPSA) is 74.1 Å². The fourth-order valence-electron chi connectivity index (χ4n) is 2.15. The van der Waals surface area contributed by atoms with E-state index >= 15 is 0 Å². The van der Waals surface area contributed by atoms with Gasteiger partial charge in [-0.15, -0.1) is 5.10 Å². The van der Waals surface area contributed by atoms with Gasteiger partial charge in [-0.05, 0) is 34.7 Å². The summed E-state index contributed by atoms with van der Waals surface area (Å²) in [5, 5.41) is 15.8. The predicted molar refractivity (Wildman–Crippen MR) is 78.5 cm³/mol. The van der Waals surface area contributed by atoms with Crippen LogP contribution in [0.25, 0.3) is 0 Å². The van der Waals surface area contributed by atoms with Crippen LogP contribution < -0.4 is 14.8 Å². The zero-order chi connectivity index (χ0) is 14.7. The average Bonchev–Trinajstić information content (AvgIpc) is 3.11. The number of fused-ring (bicyclic) bond motifs is 1. The Hall–Kier alpha value is -1.80. The van der Waals surface area contributed by atoms with Crippen molar-refractivity contribution in [1.82, 2.24) is 25.5 Å². The van der Waals surface area contributed by atoms with Gasteiger partial charge in [-0.1, -0.05) is 24.8 Å². The molecule has 1 aromatic heterocycles. The van der Waals surface area contributed by atoms with E-state index in [1.165, 1.54) is 5.56 Å². The Morgan fingerprint density at radius 1 is 1.38 bits per heavy atom. The molecule has 1 atom stereocenters. The highest BCUT2D eigenvalue weighted by Crippen LogP contribution is 2.35. The number of benzene rings is 1. The molecule has 3 rings (SSSR count). The number of thioether (sulfide) groups is 1. The fraction of sp³-hybridized carbons (Fsp3) is 0.462. The summed E-state index contributed by atoms with van der Waals surface area (Å²) in [5.74, 6) is 2.45. The maximum atomic E-state index is 5.44. The molecule has 1 N–H and O–H groups in total. The van der Waals surface area contributed by atoms with E-state index in [1.54, 1.807) is 16.4 Å². The van der Waals surface area contributed by atoms with Gasteiger partial charge in [0, 0.05) is 18.8 Å². The maximum absolute atomic E-state index is 5.44. The van der Waals surface area contributed by atoms with E-state index in [2.05, 4.69) is 33.8 Å². The number of rotatable bonds is 6. The van der Waals surface area contributed by atoms with Crippen LogP contribution in [0.2, 0.25) is 0 Å². The van der Waals surface area contributed by atoms with Crippen molar-refractivity contribution in [3.05, 3.63) is 23.8 Å². The minimum absolute atomic E-state index is 0.200. The predicted octanol–water partition coefficient (Wildman–Crippen LogP) is 1.38. The van der Waals surface area contributed by atoms with Gasteiger partial charge in [-0.25, -0.2) is 4.68 Å². The molecule has 8 heteroatoms. The Balaban J connectivity index is 1.73. The second-order valence-electron chi connectivity index (χ2n) is 4.62. The van der Waals surface area contributed by atoms with Gasteiger partial charge >= 0.3 is 0 Å². The van der Waals surface area contributed by atoms with Gasteiger partial charge < -0.3 is 14.8 Å². The molecule has 1 aliphatic rings. The zero-order valence-corrected chi connectivity index (χ0v) is 12.8. The normalized spacial score (nSPS) is 14.4. The Morgan fingerprint density at radius 3 is 3.00 bits per heavy atom. The van der Waals surface area contributed by atoms with Crippen LogP contribution in [0.5, 0.6) is 11.5 Å². The molecule has 2 heterocycles. The zero-order valence-electron chi connectivity index (χ0n) is 11.9. The summed E-state index contributed by atoms with van der Waals surface area (Å²) >= 11 is 1.62. The maximum Gasteiger partial charge on any atom is 0.231 e. The second kappa shape index (κ2) is 6.31. The van der Waals surface area contributed by atoms with Gasteiger partial charge in [0.2, 0.25) is 11.9 Å². The first-order chi connectivity index (χ1) is 10.3. The second-order valence-corrected chi connectivity index (χ2v) is 5.61. The first-order valence-corrected chi connectivity index (χ1v) is 7.74. The van der Waals surface area contributed by atoms with Gasteiger partial charge in [0.1, 0.15) is 0 Å². The Morgan fingerprint density at radius 2 is 2.24 bits per heavy atom. The smallest absolute Gasteiger partial charge is 0.231 e. The van der Waals surface area contributed by atoms with Crippen LogP contribution in [0.4, 0.5) is 0 Å². The van der Waals surface area contributed by atoms with Crippen LogP contribution in [0.1, 0.15) is 18.5 Å². The molecule has 1 unspecified atom stereocenters. The van der Waals surface area contributed by atoms with Crippen molar-refractivity contribution in [1.29, 1.82) is 0 Å². The number of nitrogens with one attached hydrogen (secondary N) is 1. The molecule has 0 saturated carbocycles. The van der Waals surface area contributed by atoms with Crippen molar-refractivity contribution in [3.8, 4) is 11.5 Å². The van der Waals surface area contributed by atoms with Crippen LogP contribution in [0, 0.1) is 0 Å². The number of nitrogens with zero attached hydrogens (tertiary/aromatic N) is 4. The van der Waals surface area contributed by atoms with Crippen LogP contribution in [-0.4, -0.2) is 39.3 Å². The van der Waals surface area contributed by atoms with Gasteiger partial charge in [0.25, 0.3) is 0 Å². The largest absolute Gasteiger partial charge is 0.454 e. The summed E-state index contributed by atoms with van der Waals surface area (Å²) in [7, 11) is 1.84. The van der Waals surface area contributed by atoms with Crippen molar-refractivity contribution in [3.63, 3.8) is 0 Å². The van der Waals surface area contributed by atoms with Crippen LogP contribution in [-0.2, 0) is 7.05 Å². The van der Waals surface area contributed by atoms with E-state index in [0.29, 0.717) is 6.79 Å². The highest BCUT2D eigenvalue weighted by atomic mass is 32.2. The molecule has 0 aliphatic carbocycles. The summed E-state index contributed by atoms with van der Waals surface area (Å²) in [6.45, 7) is 3.27. The molecule has 7 nitrogen and oxygen atoms in total. The number of aryl methyl sites for hydroxylation is 1. The van der Waals surface area contributed by atoms with Gasteiger partial charge in [0.05, 0.1) is 0 Å². The van der Waals surface area contributed by atoms with Gasteiger partial charge in [-0.3, -0.25) is 0 Å². The molecular weight excluding hydrogens is 290 g/mol. The summed E-state index contributed by atoms with van der Waals surface area (Å²) < 4.78 is 12.5. The Kier molecular flexibility index (Phi) is 4.26.